The summed E-state index contributed by atoms with van der Waals surface area (Å²) >= 11 is 1.31. The van der Waals surface area contributed by atoms with Crippen molar-refractivity contribution in [3.63, 3.8) is 0 Å². The number of esters is 1. The van der Waals surface area contributed by atoms with E-state index >= 15 is 0 Å². The lowest BCUT2D eigenvalue weighted by atomic mass is 9.99. The molecule has 1 atom stereocenters. The topological polar surface area (TPSA) is 102 Å². The largest absolute Gasteiger partial charge is 0.497 e. The molecule has 0 aliphatic carbocycles. The molecule has 0 saturated carbocycles. The summed E-state index contributed by atoms with van der Waals surface area (Å²) in [6.45, 7) is 4.10. The van der Waals surface area contributed by atoms with Gasteiger partial charge in [0.25, 0.3) is 0 Å². The van der Waals surface area contributed by atoms with Gasteiger partial charge in [-0.15, -0.1) is 11.3 Å². The second-order valence-corrected chi connectivity index (χ2v) is 10.5. The van der Waals surface area contributed by atoms with Gasteiger partial charge in [-0.3, -0.25) is 4.79 Å². The highest BCUT2D eigenvalue weighted by atomic mass is 32.2. The van der Waals surface area contributed by atoms with Crippen LogP contribution in [0.25, 0.3) is 0 Å². The van der Waals surface area contributed by atoms with Crippen LogP contribution in [0.3, 0.4) is 0 Å². The zero-order valence-corrected chi connectivity index (χ0v) is 19.6. The Balaban J connectivity index is 1.77. The summed E-state index contributed by atoms with van der Waals surface area (Å²) in [6, 6.07) is 6.18. The number of ether oxygens (including phenoxy) is 2. The maximum absolute atomic E-state index is 13.0. The monoisotopic (exact) mass is 466 g/mol. The number of hydrogen-bond acceptors (Lipinski definition) is 7. The lowest BCUT2D eigenvalue weighted by molar-refractivity contribution is -0.120. The molecule has 1 aromatic carbocycles. The third-order valence-electron chi connectivity index (χ3n) is 5.46. The predicted molar refractivity (Wildman–Crippen MR) is 118 cm³/mol. The van der Waals surface area contributed by atoms with Gasteiger partial charge in [-0.05, 0) is 56.5 Å². The summed E-state index contributed by atoms with van der Waals surface area (Å²) in [6.07, 6.45) is 1.14. The summed E-state index contributed by atoms with van der Waals surface area (Å²) in [5.41, 5.74) is 1.11. The summed E-state index contributed by atoms with van der Waals surface area (Å²) in [5.74, 6) is -0.765. The van der Waals surface area contributed by atoms with Crippen molar-refractivity contribution in [2.45, 2.75) is 31.6 Å². The number of piperidine rings is 1. The highest BCUT2D eigenvalue weighted by Crippen LogP contribution is 2.34. The summed E-state index contributed by atoms with van der Waals surface area (Å²) in [5, 5.41) is 3.26. The third-order valence-corrected chi connectivity index (χ3v) is 8.47. The highest BCUT2D eigenvalue weighted by molar-refractivity contribution is 7.89. The van der Waals surface area contributed by atoms with Crippen molar-refractivity contribution in [1.29, 1.82) is 0 Å². The minimum absolute atomic E-state index is 0.0804. The summed E-state index contributed by atoms with van der Waals surface area (Å²) < 4.78 is 37.3. The van der Waals surface area contributed by atoms with Crippen molar-refractivity contribution < 1.29 is 27.5 Å². The number of amides is 1. The van der Waals surface area contributed by atoms with E-state index in [1.807, 2.05) is 6.92 Å². The fourth-order valence-corrected chi connectivity index (χ4v) is 6.12. The van der Waals surface area contributed by atoms with Crippen LogP contribution in [0.4, 0.5) is 5.00 Å². The van der Waals surface area contributed by atoms with Crippen molar-refractivity contribution in [2.75, 3.05) is 32.6 Å². The number of thiophene rings is 1. The van der Waals surface area contributed by atoms with Crippen LogP contribution in [-0.2, 0) is 19.6 Å². The van der Waals surface area contributed by atoms with Crippen LogP contribution in [0, 0.1) is 19.8 Å². The Kier molecular flexibility index (Phi) is 7.03. The molecule has 1 aliphatic heterocycles. The first-order valence-corrected chi connectivity index (χ1v) is 12.1. The van der Waals surface area contributed by atoms with Crippen LogP contribution in [0.2, 0.25) is 0 Å². The van der Waals surface area contributed by atoms with Crippen LogP contribution >= 0.6 is 11.3 Å². The molecular formula is C21H26N2O6S2. The van der Waals surface area contributed by atoms with Gasteiger partial charge in [0.05, 0.1) is 30.6 Å². The van der Waals surface area contributed by atoms with Gasteiger partial charge in [0.2, 0.25) is 15.9 Å². The molecule has 2 heterocycles. The van der Waals surface area contributed by atoms with E-state index < -0.39 is 21.9 Å². The quantitative estimate of drug-likeness (QED) is 0.656. The molecule has 10 heteroatoms. The second-order valence-electron chi connectivity index (χ2n) is 7.35. The number of nitrogens with zero attached hydrogens (tertiary/aromatic N) is 1. The SMILES string of the molecule is COC(=O)c1c(NC(=O)C2CCCN(S(=O)(=O)c3ccc(OC)cc3)C2)sc(C)c1C. The number of rotatable bonds is 6. The van der Waals surface area contributed by atoms with Crippen LogP contribution in [0.15, 0.2) is 29.2 Å². The molecule has 1 fully saturated rings. The minimum atomic E-state index is -3.73. The molecule has 0 spiro atoms. The molecule has 1 unspecified atom stereocenters. The molecule has 1 aliphatic rings. The number of hydrogen-bond donors (Lipinski definition) is 1. The van der Waals surface area contributed by atoms with E-state index in [2.05, 4.69) is 5.32 Å². The van der Waals surface area contributed by atoms with Gasteiger partial charge < -0.3 is 14.8 Å². The number of carbonyl (C=O) groups excluding carboxylic acids is 2. The van der Waals surface area contributed by atoms with Crippen molar-refractivity contribution >= 4 is 38.2 Å². The lowest BCUT2D eigenvalue weighted by Crippen LogP contribution is -2.43. The number of benzene rings is 1. The maximum Gasteiger partial charge on any atom is 0.341 e. The van der Waals surface area contributed by atoms with E-state index in [0.717, 1.165) is 10.4 Å². The van der Waals surface area contributed by atoms with Crippen molar-refractivity contribution in [1.82, 2.24) is 4.31 Å². The molecule has 1 amide bonds. The van der Waals surface area contributed by atoms with Crippen LogP contribution < -0.4 is 10.1 Å². The van der Waals surface area contributed by atoms with E-state index in [0.29, 0.717) is 35.7 Å². The number of nitrogens with one attached hydrogen (secondary N) is 1. The van der Waals surface area contributed by atoms with Gasteiger partial charge in [-0.1, -0.05) is 0 Å². The molecule has 0 bridgehead atoms. The zero-order valence-electron chi connectivity index (χ0n) is 17.9. The van der Waals surface area contributed by atoms with E-state index in [9.17, 15) is 18.0 Å². The number of carbonyl (C=O) groups is 2. The first-order chi connectivity index (χ1) is 14.7. The number of methoxy groups -OCH3 is 2. The van der Waals surface area contributed by atoms with E-state index in [1.54, 1.807) is 19.1 Å². The van der Waals surface area contributed by atoms with Crippen LogP contribution in [-0.4, -0.2) is 51.9 Å². The summed E-state index contributed by atoms with van der Waals surface area (Å²) in [4.78, 5) is 26.2. The van der Waals surface area contributed by atoms with Crippen LogP contribution in [0.1, 0.15) is 33.6 Å². The fourth-order valence-electron chi connectivity index (χ4n) is 3.55. The average Bonchev–Trinajstić information content (AvgIpc) is 3.06. The Morgan fingerprint density at radius 1 is 1.16 bits per heavy atom. The minimum Gasteiger partial charge on any atom is -0.497 e. The molecule has 1 N–H and O–H groups in total. The molecule has 0 radical (unpaired) electrons. The molecule has 1 aromatic heterocycles. The van der Waals surface area contributed by atoms with Crippen LogP contribution in [0.5, 0.6) is 5.75 Å². The van der Waals surface area contributed by atoms with Crippen molar-refractivity contribution in [2.24, 2.45) is 5.92 Å². The zero-order chi connectivity index (χ0) is 22.8. The molecule has 2 aromatic rings. The van der Waals surface area contributed by atoms with E-state index in [-0.39, 0.29) is 17.3 Å². The number of anilines is 1. The Bertz CT molecular complexity index is 1080. The molecular weight excluding hydrogens is 440 g/mol. The molecule has 1 saturated heterocycles. The van der Waals surface area contributed by atoms with Gasteiger partial charge in [-0.25, -0.2) is 13.2 Å². The maximum atomic E-state index is 13.0. The first-order valence-electron chi connectivity index (χ1n) is 9.82. The average molecular weight is 467 g/mol. The van der Waals surface area contributed by atoms with Gasteiger partial charge >= 0.3 is 5.97 Å². The molecule has 31 heavy (non-hydrogen) atoms. The lowest BCUT2D eigenvalue weighted by Gasteiger charge is -2.31. The Morgan fingerprint density at radius 3 is 2.45 bits per heavy atom. The first kappa shape index (κ1) is 23.2. The second kappa shape index (κ2) is 9.37. The van der Waals surface area contributed by atoms with Gasteiger partial charge in [-0.2, -0.15) is 4.31 Å². The molecule has 3 rings (SSSR count). The standard InChI is InChI=1S/C21H26N2O6S2/c1-13-14(2)30-20(18(13)21(25)29-4)22-19(24)15-6-5-11-23(12-15)31(26,27)17-9-7-16(28-3)8-10-17/h7-10,15H,5-6,11-12H2,1-4H3,(H,22,24). The van der Waals surface area contributed by atoms with Gasteiger partial charge in [0.1, 0.15) is 10.8 Å². The van der Waals surface area contributed by atoms with Crippen molar-refractivity contribution in [3.05, 3.63) is 40.3 Å². The normalized spacial score (nSPS) is 17.2. The fraction of sp³-hybridized carbons (Fsp3) is 0.429. The smallest absolute Gasteiger partial charge is 0.341 e. The third kappa shape index (κ3) is 4.76. The number of aryl methyl sites for hydroxylation is 1. The Morgan fingerprint density at radius 2 is 1.84 bits per heavy atom. The Labute approximate surface area is 186 Å². The predicted octanol–water partition coefficient (Wildman–Crippen LogP) is 3.20. The highest BCUT2D eigenvalue weighted by Gasteiger charge is 2.34. The van der Waals surface area contributed by atoms with Gasteiger partial charge in [0, 0.05) is 18.0 Å². The van der Waals surface area contributed by atoms with Gasteiger partial charge in [0.15, 0.2) is 0 Å². The van der Waals surface area contributed by atoms with E-state index in [4.69, 9.17) is 9.47 Å². The Hall–Kier alpha value is -2.43. The molecule has 8 nitrogen and oxygen atoms in total. The number of sulfonamides is 1. The molecule has 168 valence electrons. The summed E-state index contributed by atoms with van der Waals surface area (Å²) in [7, 11) is -0.920. The van der Waals surface area contributed by atoms with Crippen molar-refractivity contribution in [3.8, 4) is 5.75 Å². The van der Waals surface area contributed by atoms with E-state index in [1.165, 1.54) is 42.0 Å².